The topological polar surface area (TPSA) is 65.8 Å². The highest BCUT2D eigenvalue weighted by Crippen LogP contribution is 2.39. The molecule has 0 N–H and O–H groups in total. The Balaban J connectivity index is 1.15. The summed E-state index contributed by atoms with van der Waals surface area (Å²) in [6, 6.07) is 22.0. The molecule has 0 radical (unpaired) electrons. The smallest absolute Gasteiger partial charge is 0.231 e. The molecule has 3 heterocycles. The number of benzene rings is 3. The van der Waals surface area contributed by atoms with Crippen molar-refractivity contribution < 1.29 is 19.0 Å². The summed E-state index contributed by atoms with van der Waals surface area (Å²) < 4.78 is 19.3. The van der Waals surface area contributed by atoms with Gasteiger partial charge < -0.3 is 23.7 Å². The lowest BCUT2D eigenvalue weighted by atomic mass is 10.1. The standard InChI is InChI=1S/C31H31N3O4/c1-2-9-22-10-3-6-13-27(22)36-17-8-7-16-33-26-12-5-4-11-25(26)32-31(33)23-18-30(35)34(20-23)24-14-15-28-29(19-24)38-21-37-28/h2-6,10-15,19,23H,1,7-9,16-18,20-21H2. The van der Waals surface area contributed by atoms with E-state index in [0.717, 1.165) is 59.7 Å². The molecule has 0 aliphatic carbocycles. The number of aryl methyl sites for hydroxylation is 1. The van der Waals surface area contributed by atoms with Crippen LogP contribution in [-0.4, -0.2) is 35.4 Å². The molecule has 1 aromatic heterocycles. The van der Waals surface area contributed by atoms with Gasteiger partial charge in [-0.1, -0.05) is 36.4 Å². The summed E-state index contributed by atoms with van der Waals surface area (Å²) in [5, 5.41) is 0. The van der Waals surface area contributed by atoms with Crippen molar-refractivity contribution in [3.63, 3.8) is 0 Å². The van der Waals surface area contributed by atoms with E-state index in [2.05, 4.69) is 23.3 Å². The van der Waals surface area contributed by atoms with Crippen LogP contribution < -0.4 is 19.1 Å². The van der Waals surface area contributed by atoms with Gasteiger partial charge >= 0.3 is 0 Å². The molecule has 1 fully saturated rings. The largest absolute Gasteiger partial charge is 0.493 e. The average molecular weight is 510 g/mol. The Morgan fingerprint density at radius 3 is 2.79 bits per heavy atom. The first-order valence-corrected chi connectivity index (χ1v) is 13.2. The van der Waals surface area contributed by atoms with Crippen LogP contribution in [0.4, 0.5) is 5.69 Å². The predicted octanol–water partition coefficient (Wildman–Crippen LogP) is 5.87. The summed E-state index contributed by atoms with van der Waals surface area (Å²) in [4.78, 5) is 19.9. The number of aromatic nitrogens is 2. The molecule has 0 bridgehead atoms. The molecule has 2 aliphatic rings. The quantitative estimate of drug-likeness (QED) is 0.198. The van der Waals surface area contributed by atoms with E-state index in [1.54, 1.807) is 0 Å². The molecule has 0 saturated carbocycles. The van der Waals surface area contributed by atoms with Gasteiger partial charge in [0.05, 0.1) is 17.6 Å². The van der Waals surface area contributed by atoms with Crippen molar-refractivity contribution in [1.29, 1.82) is 0 Å². The first-order chi connectivity index (χ1) is 18.7. The van der Waals surface area contributed by atoms with Gasteiger partial charge in [-0.3, -0.25) is 4.79 Å². The van der Waals surface area contributed by atoms with Gasteiger partial charge in [0.25, 0.3) is 0 Å². The number of hydrogen-bond donors (Lipinski definition) is 0. The lowest BCUT2D eigenvalue weighted by Gasteiger charge is -2.18. The van der Waals surface area contributed by atoms with E-state index in [0.29, 0.717) is 31.1 Å². The molecule has 194 valence electrons. The van der Waals surface area contributed by atoms with E-state index in [-0.39, 0.29) is 18.6 Å². The highest BCUT2D eigenvalue weighted by molar-refractivity contribution is 5.97. The molecular weight excluding hydrogens is 478 g/mol. The minimum absolute atomic E-state index is 0.0161. The van der Waals surface area contributed by atoms with E-state index in [4.69, 9.17) is 19.2 Å². The summed E-state index contributed by atoms with van der Waals surface area (Å²) in [6.07, 6.45) is 4.99. The number of anilines is 1. The third-order valence-corrected chi connectivity index (χ3v) is 7.21. The second kappa shape index (κ2) is 10.6. The Bertz CT molecular complexity index is 1480. The van der Waals surface area contributed by atoms with Gasteiger partial charge in [-0.25, -0.2) is 4.98 Å². The first kappa shape index (κ1) is 24.1. The highest BCUT2D eigenvalue weighted by atomic mass is 16.7. The van der Waals surface area contributed by atoms with Gasteiger partial charge in [-0.05, 0) is 55.2 Å². The van der Waals surface area contributed by atoms with Gasteiger partial charge in [0.1, 0.15) is 11.6 Å². The van der Waals surface area contributed by atoms with Gasteiger partial charge in [-0.15, -0.1) is 6.58 Å². The summed E-state index contributed by atoms with van der Waals surface area (Å²) in [6.45, 7) is 6.11. The molecule has 6 rings (SSSR count). The van der Waals surface area contributed by atoms with Crippen LogP contribution in [0.2, 0.25) is 0 Å². The number of hydrogen-bond acceptors (Lipinski definition) is 5. The summed E-state index contributed by atoms with van der Waals surface area (Å²) in [7, 11) is 0. The fraction of sp³-hybridized carbons (Fsp3) is 0.290. The molecule has 7 heteroatoms. The number of rotatable bonds is 10. The molecule has 2 aliphatic heterocycles. The number of carbonyl (C=O) groups is 1. The molecule has 4 aromatic rings. The van der Waals surface area contributed by atoms with Crippen molar-refractivity contribution in [3.05, 3.63) is 90.8 Å². The van der Waals surface area contributed by atoms with Gasteiger partial charge in [0, 0.05) is 37.2 Å². The van der Waals surface area contributed by atoms with Crippen LogP contribution in [0.15, 0.2) is 79.4 Å². The maximum Gasteiger partial charge on any atom is 0.231 e. The Morgan fingerprint density at radius 1 is 1.03 bits per heavy atom. The Kier molecular flexibility index (Phi) is 6.73. The minimum Gasteiger partial charge on any atom is -0.493 e. The fourth-order valence-corrected chi connectivity index (χ4v) is 5.35. The molecule has 1 unspecified atom stereocenters. The van der Waals surface area contributed by atoms with Crippen molar-refractivity contribution in [3.8, 4) is 17.2 Å². The molecule has 3 aromatic carbocycles. The van der Waals surface area contributed by atoms with Crippen molar-refractivity contribution in [2.75, 3.05) is 24.8 Å². The number of para-hydroxylation sites is 3. The number of carbonyl (C=O) groups excluding carboxylic acids is 1. The molecule has 1 amide bonds. The van der Waals surface area contributed by atoms with Crippen LogP contribution in [0, 0.1) is 0 Å². The van der Waals surface area contributed by atoms with Gasteiger partial charge in [0.15, 0.2) is 11.5 Å². The summed E-state index contributed by atoms with van der Waals surface area (Å²) in [5.74, 6) is 3.41. The minimum atomic E-state index is 0.0161. The predicted molar refractivity (Wildman–Crippen MR) is 147 cm³/mol. The van der Waals surface area contributed by atoms with Crippen LogP contribution in [-0.2, 0) is 17.8 Å². The van der Waals surface area contributed by atoms with Crippen LogP contribution in [0.5, 0.6) is 17.2 Å². The normalized spacial score (nSPS) is 16.4. The second-order valence-corrected chi connectivity index (χ2v) is 9.71. The molecule has 7 nitrogen and oxygen atoms in total. The van der Waals surface area contributed by atoms with Crippen LogP contribution in [0.1, 0.15) is 36.6 Å². The van der Waals surface area contributed by atoms with E-state index >= 15 is 0 Å². The third-order valence-electron chi connectivity index (χ3n) is 7.21. The number of imidazole rings is 1. The maximum atomic E-state index is 13.1. The van der Waals surface area contributed by atoms with Crippen molar-refractivity contribution >= 4 is 22.6 Å². The van der Waals surface area contributed by atoms with Crippen molar-refractivity contribution in [2.24, 2.45) is 0 Å². The number of fused-ring (bicyclic) bond motifs is 2. The van der Waals surface area contributed by atoms with Gasteiger partial charge in [0.2, 0.25) is 12.7 Å². The molecule has 1 saturated heterocycles. The van der Waals surface area contributed by atoms with Crippen LogP contribution >= 0.6 is 0 Å². The Hall–Kier alpha value is -4.26. The van der Waals surface area contributed by atoms with Crippen molar-refractivity contribution in [2.45, 2.75) is 38.1 Å². The van der Waals surface area contributed by atoms with Gasteiger partial charge in [-0.2, -0.15) is 0 Å². The number of nitrogens with zero attached hydrogens (tertiary/aromatic N) is 3. The van der Waals surface area contributed by atoms with E-state index in [9.17, 15) is 4.79 Å². The average Bonchev–Trinajstić information content (AvgIpc) is 3.66. The lowest BCUT2D eigenvalue weighted by Crippen LogP contribution is -2.24. The summed E-state index contributed by atoms with van der Waals surface area (Å²) in [5.41, 5.74) is 4.06. The molecular formula is C31H31N3O4. The highest BCUT2D eigenvalue weighted by Gasteiger charge is 2.35. The van der Waals surface area contributed by atoms with Crippen molar-refractivity contribution in [1.82, 2.24) is 9.55 Å². The third kappa shape index (κ3) is 4.72. The SMILES string of the molecule is C=CCc1ccccc1OCCCCn1c(C2CC(=O)N(c3ccc4c(c3)OCO4)C2)nc2ccccc21. The second-order valence-electron chi connectivity index (χ2n) is 9.71. The Labute approximate surface area is 222 Å². The van der Waals surface area contributed by atoms with Crippen LogP contribution in [0.25, 0.3) is 11.0 Å². The number of allylic oxidation sites excluding steroid dienone is 1. The van der Waals surface area contributed by atoms with E-state index in [1.165, 1.54) is 0 Å². The van der Waals surface area contributed by atoms with E-state index < -0.39 is 0 Å². The zero-order chi connectivity index (χ0) is 25.9. The number of unbranched alkanes of at least 4 members (excludes halogenated alkanes) is 1. The Morgan fingerprint density at radius 2 is 1.87 bits per heavy atom. The zero-order valence-corrected chi connectivity index (χ0v) is 21.3. The monoisotopic (exact) mass is 509 g/mol. The first-order valence-electron chi connectivity index (χ1n) is 13.2. The number of amides is 1. The fourth-order valence-electron chi connectivity index (χ4n) is 5.35. The summed E-state index contributed by atoms with van der Waals surface area (Å²) >= 11 is 0. The molecule has 1 atom stereocenters. The maximum absolute atomic E-state index is 13.1. The molecule has 0 spiro atoms. The van der Waals surface area contributed by atoms with Crippen LogP contribution in [0.3, 0.4) is 0 Å². The zero-order valence-electron chi connectivity index (χ0n) is 21.3. The van der Waals surface area contributed by atoms with E-state index in [1.807, 2.05) is 65.6 Å². The number of ether oxygens (including phenoxy) is 3. The molecule has 38 heavy (non-hydrogen) atoms. The lowest BCUT2D eigenvalue weighted by molar-refractivity contribution is -0.117.